The Kier molecular flexibility index (Phi) is 5.34. The number of nitrogens with zero attached hydrogens (tertiary/aromatic N) is 3. The molecule has 4 nitrogen and oxygen atoms in total. The predicted molar refractivity (Wildman–Crippen MR) is 94.2 cm³/mol. The lowest BCUT2D eigenvalue weighted by Crippen LogP contribution is -2.48. The molecule has 0 amide bonds. The molecule has 2 heterocycles. The van der Waals surface area contributed by atoms with E-state index in [-0.39, 0.29) is 0 Å². The van der Waals surface area contributed by atoms with E-state index in [0.717, 1.165) is 38.4 Å². The molecular weight excluding hydrogens is 298 g/mol. The van der Waals surface area contributed by atoms with Crippen LogP contribution in [0.5, 0.6) is 0 Å². The van der Waals surface area contributed by atoms with Crippen molar-refractivity contribution in [2.45, 2.75) is 32.5 Å². The van der Waals surface area contributed by atoms with E-state index in [4.69, 9.17) is 9.68 Å². The molecule has 0 saturated carbocycles. The van der Waals surface area contributed by atoms with E-state index in [0.29, 0.717) is 17.7 Å². The van der Waals surface area contributed by atoms with Crippen LogP contribution in [0, 0.1) is 17.2 Å². The molecule has 126 valence electrons. The summed E-state index contributed by atoms with van der Waals surface area (Å²) in [6, 6.07) is 16.9. The number of hydrogen-bond donors (Lipinski definition) is 0. The minimum atomic E-state index is 0.393. The monoisotopic (exact) mass is 323 g/mol. The molecule has 3 rings (SSSR count). The third kappa shape index (κ3) is 4.05. The summed E-state index contributed by atoms with van der Waals surface area (Å²) < 4.78 is 5.52. The Labute approximate surface area is 144 Å². The zero-order valence-corrected chi connectivity index (χ0v) is 14.5. The standard InChI is InChI=1S/C20H25N3O/c1-16-13-23(14-17-6-4-3-5-7-17)11-10-20(16)22(2)15-19-9-8-18(12-21)24-19/h3-9,16,20H,10-11,13-15H2,1-2H3/t16-,20-/m1/s1. The Hall–Kier alpha value is -2.09. The molecule has 4 heteroatoms. The molecule has 1 saturated heterocycles. The highest BCUT2D eigenvalue weighted by atomic mass is 16.3. The second-order valence-corrected chi connectivity index (χ2v) is 6.85. The van der Waals surface area contributed by atoms with Crippen LogP contribution in [0.4, 0.5) is 0 Å². The van der Waals surface area contributed by atoms with Crippen LogP contribution in [0.1, 0.15) is 30.4 Å². The molecule has 0 unspecified atom stereocenters. The smallest absolute Gasteiger partial charge is 0.203 e. The summed E-state index contributed by atoms with van der Waals surface area (Å²) in [5.41, 5.74) is 1.39. The number of rotatable bonds is 5. The molecule has 1 aromatic carbocycles. The Morgan fingerprint density at radius 1 is 1.25 bits per heavy atom. The van der Waals surface area contributed by atoms with Crippen LogP contribution >= 0.6 is 0 Å². The number of likely N-dealkylation sites (tertiary alicyclic amines) is 1. The van der Waals surface area contributed by atoms with Crippen LogP contribution in [-0.4, -0.2) is 36.0 Å². The zero-order valence-electron chi connectivity index (χ0n) is 14.5. The van der Waals surface area contributed by atoms with E-state index in [1.165, 1.54) is 5.56 Å². The molecule has 1 fully saturated rings. The maximum absolute atomic E-state index is 8.86. The average Bonchev–Trinajstić information content (AvgIpc) is 3.03. The molecule has 1 aliphatic rings. The Morgan fingerprint density at radius 2 is 2.04 bits per heavy atom. The van der Waals surface area contributed by atoms with Gasteiger partial charge in [0.15, 0.2) is 0 Å². The van der Waals surface area contributed by atoms with Crippen molar-refractivity contribution in [3.05, 3.63) is 59.5 Å². The first-order chi connectivity index (χ1) is 11.7. The molecule has 0 bridgehead atoms. The van der Waals surface area contributed by atoms with Gasteiger partial charge in [0.25, 0.3) is 0 Å². The average molecular weight is 323 g/mol. The van der Waals surface area contributed by atoms with Crippen LogP contribution in [0.15, 0.2) is 46.9 Å². The first-order valence-corrected chi connectivity index (χ1v) is 8.61. The molecule has 1 aromatic heterocycles. The summed E-state index contributed by atoms with van der Waals surface area (Å²) in [7, 11) is 2.16. The summed E-state index contributed by atoms with van der Waals surface area (Å²) in [5.74, 6) is 1.87. The summed E-state index contributed by atoms with van der Waals surface area (Å²) in [5, 5.41) is 8.86. The molecular formula is C20H25N3O. The number of furan rings is 1. The molecule has 2 aromatic rings. The summed E-state index contributed by atoms with van der Waals surface area (Å²) in [4.78, 5) is 4.91. The first-order valence-electron chi connectivity index (χ1n) is 8.61. The highest BCUT2D eigenvalue weighted by molar-refractivity contribution is 5.19. The topological polar surface area (TPSA) is 43.4 Å². The molecule has 24 heavy (non-hydrogen) atoms. The van der Waals surface area contributed by atoms with Gasteiger partial charge < -0.3 is 4.42 Å². The maximum atomic E-state index is 8.86. The van der Waals surface area contributed by atoms with Gasteiger partial charge in [-0.05, 0) is 43.6 Å². The van der Waals surface area contributed by atoms with Crippen LogP contribution in [0.3, 0.4) is 0 Å². The SMILES string of the molecule is C[C@@H]1CN(Cc2ccccc2)CC[C@H]1N(C)Cc1ccc(C#N)o1. The lowest BCUT2D eigenvalue weighted by molar-refractivity contribution is 0.0682. The molecule has 0 radical (unpaired) electrons. The summed E-state index contributed by atoms with van der Waals surface area (Å²) >= 11 is 0. The van der Waals surface area contributed by atoms with Crippen LogP contribution < -0.4 is 0 Å². The predicted octanol–water partition coefficient (Wildman–Crippen LogP) is 3.49. The van der Waals surface area contributed by atoms with Gasteiger partial charge >= 0.3 is 0 Å². The van der Waals surface area contributed by atoms with Gasteiger partial charge in [-0.25, -0.2) is 0 Å². The fraction of sp³-hybridized carbons (Fsp3) is 0.450. The van der Waals surface area contributed by atoms with E-state index in [1.807, 2.05) is 12.1 Å². The number of benzene rings is 1. The van der Waals surface area contributed by atoms with Gasteiger partial charge in [-0.1, -0.05) is 37.3 Å². The normalized spacial score (nSPS) is 21.8. The Balaban J connectivity index is 1.54. The zero-order chi connectivity index (χ0) is 16.9. The maximum Gasteiger partial charge on any atom is 0.203 e. The molecule has 0 aliphatic carbocycles. The number of hydrogen-bond acceptors (Lipinski definition) is 4. The van der Waals surface area contributed by atoms with E-state index < -0.39 is 0 Å². The molecule has 0 N–H and O–H groups in total. The van der Waals surface area contributed by atoms with E-state index in [2.05, 4.69) is 54.1 Å². The van der Waals surface area contributed by atoms with Crippen molar-refractivity contribution in [2.24, 2.45) is 5.92 Å². The van der Waals surface area contributed by atoms with E-state index >= 15 is 0 Å². The number of piperidine rings is 1. The minimum absolute atomic E-state index is 0.393. The van der Waals surface area contributed by atoms with Crippen LogP contribution in [0.25, 0.3) is 0 Å². The third-order valence-electron chi connectivity index (χ3n) is 4.94. The van der Waals surface area contributed by atoms with Gasteiger partial charge in [0.1, 0.15) is 11.8 Å². The van der Waals surface area contributed by atoms with Crippen molar-refractivity contribution in [1.29, 1.82) is 5.26 Å². The van der Waals surface area contributed by atoms with Gasteiger partial charge in [-0.2, -0.15) is 5.26 Å². The molecule has 2 atom stereocenters. The van der Waals surface area contributed by atoms with Crippen molar-refractivity contribution < 1.29 is 4.42 Å². The van der Waals surface area contributed by atoms with Gasteiger partial charge in [-0.3, -0.25) is 9.80 Å². The third-order valence-corrected chi connectivity index (χ3v) is 4.94. The van der Waals surface area contributed by atoms with Crippen LogP contribution in [0.2, 0.25) is 0 Å². The second kappa shape index (κ2) is 7.65. The number of nitriles is 1. The minimum Gasteiger partial charge on any atom is -0.449 e. The lowest BCUT2D eigenvalue weighted by Gasteiger charge is -2.41. The second-order valence-electron chi connectivity index (χ2n) is 6.85. The van der Waals surface area contributed by atoms with Crippen molar-refractivity contribution in [2.75, 3.05) is 20.1 Å². The van der Waals surface area contributed by atoms with Crippen molar-refractivity contribution in [3.8, 4) is 6.07 Å². The quantitative estimate of drug-likeness (QED) is 0.845. The van der Waals surface area contributed by atoms with E-state index in [1.54, 1.807) is 6.07 Å². The van der Waals surface area contributed by atoms with Crippen molar-refractivity contribution in [3.63, 3.8) is 0 Å². The van der Waals surface area contributed by atoms with Gasteiger partial charge in [0.2, 0.25) is 5.76 Å². The first kappa shape index (κ1) is 16.8. The lowest BCUT2D eigenvalue weighted by atomic mass is 9.92. The van der Waals surface area contributed by atoms with E-state index in [9.17, 15) is 0 Å². The summed E-state index contributed by atoms with van der Waals surface area (Å²) in [6.07, 6.45) is 1.16. The van der Waals surface area contributed by atoms with Crippen molar-refractivity contribution in [1.82, 2.24) is 9.80 Å². The molecule has 0 spiro atoms. The Bertz CT molecular complexity index is 688. The molecule has 1 aliphatic heterocycles. The Morgan fingerprint density at radius 3 is 2.71 bits per heavy atom. The van der Waals surface area contributed by atoms with Gasteiger partial charge in [-0.15, -0.1) is 0 Å². The summed E-state index contributed by atoms with van der Waals surface area (Å²) in [6.45, 7) is 6.36. The van der Waals surface area contributed by atoms with Gasteiger partial charge in [0.05, 0.1) is 6.54 Å². The largest absolute Gasteiger partial charge is 0.449 e. The highest BCUT2D eigenvalue weighted by Gasteiger charge is 2.29. The van der Waals surface area contributed by atoms with Gasteiger partial charge in [0, 0.05) is 19.1 Å². The fourth-order valence-electron chi connectivity index (χ4n) is 3.75. The fourth-order valence-corrected chi connectivity index (χ4v) is 3.75. The highest BCUT2D eigenvalue weighted by Crippen LogP contribution is 2.24. The van der Waals surface area contributed by atoms with Crippen LogP contribution in [-0.2, 0) is 13.1 Å². The van der Waals surface area contributed by atoms with Crippen molar-refractivity contribution >= 4 is 0 Å².